The fraction of sp³-hybridized carbons (Fsp3) is 0.312. The Hall–Kier alpha value is -1.68. The van der Waals surface area contributed by atoms with Crippen molar-refractivity contribution >= 4 is 28.9 Å². The fourth-order valence-corrected chi connectivity index (χ4v) is 2.70. The average Bonchev–Trinajstić information content (AvgIpc) is 2.54. The van der Waals surface area contributed by atoms with E-state index >= 15 is 0 Å². The third-order valence-corrected chi connectivity index (χ3v) is 4.21. The number of nitriles is 1. The Kier molecular flexibility index (Phi) is 5.81. The molecule has 0 atom stereocenters. The van der Waals surface area contributed by atoms with Crippen LogP contribution in [0.1, 0.15) is 18.1 Å². The summed E-state index contributed by atoms with van der Waals surface area (Å²) in [6.45, 7) is 2.59. The molecule has 3 nitrogen and oxygen atoms in total. The van der Waals surface area contributed by atoms with Crippen LogP contribution in [0.4, 0.5) is 13.2 Å². The van der Waals surface area contributed by atoms with Crippen LogP contribution in [0.3, 0.4) is 0 Å². The van der Waals surface area contributed by atoms with Crippen LogP contribution in [0, 0.1) is 11.3 Å². The zero-order valence-electron chi connectivity index (χ0n) is 12.6. The lowest BCUT2D eigenvalue weighted by molar-refractivity contribution is -0.137. The molecule has 1 heterocycles. The van der Waals surface area contributed by atoms with Gasteiger partial charge in [0.05, 0.1) is 33.4 Å². The van der Waals surface area contributed by atoms with Gasteiger partial charge < -0.3 is 9.64 Å². The van der Waals surface area contributed by atoms with E-state index in [9.17, 15) is 18.4 Å². The molecule has 0 saturated heterocycles. The van der Waals surface area contributed by atoms with Gasteiger partial charge in [-0.2, -0.15) is 18.4 Å². The second kappa shape index (κ2) is 7.47. The summed E-state index contributed by atoms with van der Waals surface area (Å²) >= 11 is 12.2. The van der Waals surface area contributed by atoms with E-state index < -0.39 is 11.7 Å². The molecule has 0 bridgehead atoms. The van der Waals surface area contributed by atoms with E-state index in [1.807, 2.05) is 6.07 Å². The molecule has 0 unspecified atom stereocenters. The minimum Gasteiger partial charge on any atom is -0.361 e. The number of halogens is 5. The van der Waals surface area contributed by atoms with Gasteiger partial charge in [0.25, 0.3) is 0 Å². The molecule has 8 heteroatoms. The van der Waals surface area contributed by atoms with Gasteiger partial charge in [-0.15, -0.1) is 0 Å². The molecule has 128 valence electrons. The molecular weight excluding hydrogens is 364 g/mol. The highest BCUT2D eigenvalue weighted by molar-refractivity contribution is 6.42. The van der Waals surface area contributed by atoms with E-state index in [0.29, 0.717) is 17.9 Å². The highest BCUT2D eigenvalue weighted by atomic mass is 35.5. The van der Waals surface area contributed by atoms with E-state index in [2.05, 4.69) is 0 Å². The molecule has 24 heavy (non-hydrogen) atoms. The van der Waals surface area contributed by atoms with E-state index in [-0.39, 0.29) is 28.9 Å². The van der Waals surface area contributed by atoms with Gasteiger partial charge in [0, 0.05) is 6.61 Å². The minimum absolute atomic E-state index is 0.0989. The van der Waals surface area contributed by atoms with Crippen molar-refractivity contribution in [2.75, 3.05) is 19.9 Å². The predicted molar refractivity (Wildman–Crippen MR) is 85.9 cm³/mol. The Morgan fingerprint density at radius 3 is 2.38 bits per heavy atom. The SMILES string of the molecule is CCOCN1CC(Cl)=C(Cl)C(C#N)=C1c1ccc(C(F)(F)F)cc1. The number of benzene rings is 1. The number of rotatable bonds is 4. The second-order valence-corrected chi connectivity index (χ2v) is 5.78. The smallest absolute Gasteiger partial charge is 0.361 e. The van der Waals surface area contributed by atoms with Crippen molar-refractivity contribution in [1.82, 2.24) is 4.90 Å². The lowest BCUT2D eigenvalue weighted by Crippen LogP contribution is -2.30. The molecule has 1 aliphatic rings. The summed E-state index contributed by atoms with van der Waals surface area (Å²) in [6.07, 6.45) is -4.43. The molecule has 0 saturated carbocycles. The number of hydrogen-bond acceptors (Lipinski definition) is 3. The first-order chi connectivity index (χ1) is 11.3. The molecule has 1 aliphatic heterocycles. The average molecular weight is 377 g/mol. The molecule has 2 rings (SSSR count). The maximum absolute atomic E-state index is 12.7. The van der Waals surface area contributed by atoms with Crippen LogP contribution >= 0.6 is 23.2 Å². The molecule has 1 aromatic rings. The van der Waals surface area contributed by atoms with Crippen LogP contribution in [0.2, 0.25) is 0 Å². The Balaban J connectivity index is 2.51. The third kappa shape index (κ3) is 3.86. The van der Waals surface area contributed by atoms with Crippen molar-refractivity contribution in [3.63, 3.8) is 0 Å². The summed E-state index contributed by atoms with van der Waals surface area (Å²) in [7, 11) is 0. The zero-order valence-corrected chi connectivity index (χ0v) is 14.1. The number of alkyl halides is 3. The quantitative estimate of drug-likeness (QED) is 0.746. The summed E-state index contributed by atoms with van der Waals surface area (Å²) in [6, 6.07) is 6.50. The van der Waals surface area contributed by atoms with Gasteiger partial charge in [0.2, 0.25) is 0 Å². The van der Waals surface area contributed by atoms with Crippen molar-refractivity contribution in [2.45, 2.75) is 13.1 Å². The second-order valence-electron chi connectivity index (χ2n) is 4.95. The van der Waals surface area contributed by atoms with Crippen LogP contribution in [0.5, 0.6) is 0 Å². The van der Waals surface area contributed by atoms with Gasteiger partial charge in [-0.25, -0.2) is 0 Å². The van der Waals surface area contributed by atoms with Gasteiger partial charge in [-0.3, -0.25) is 0 Å². The van der Waals surface area contributed by atoms with E-state index in [4.69, 9.17) is 27.9 Å². The number of ether oxygens (including phenoxy) is 1. The first kappa shape index (κ1) is 18.7. The van der Waals surface area contributed by atoms with Gasteiger partial charge in [-0.05, 0) is 24.6 Å². The van der Waals surface area contributed by atoms with Crippen molar-refractivity contribution in [3.8, 4) is 6.07 Å². The Bertz CT molecular complexity index is 718. The summed E-state index contributed by atoms with van der Waals surface area (Å²) in [5.41, 5.74) is 0.167. The van der Waals surface area contributed by atoms with Crippen LogP contribution in [0.15, 0.2) is 39.9 Å². The molecular formula is C16H13Cl2F3N2O. The monoisotopic (exact) mass is 376 g/mol. The summed E-state index contributed by atoms with van der Waals surface area (Å²) < 4.78 is 43.5. The summed E-state index contributed by atoms with van der Waals surface area (Å²) in [5.74, 6) is 0. The van der Waals surface area contributed by atoms with Crippen molar-refractivity contribution in [2.24, 2.45) is 0 Å². The maximum atomic E-state index is 12.7. The summed E-state index contributed by atoms with van der Waals surface area (Å²) in [4.78, 5) is 1.67. The molecule has 0 aromatic heterocycles. The van der Waals surface area contributed by atoms with Crippen LogP contribution in [-0.2, 0) is 10.9 Å². The molecule has 0 spiro atoms. The third-order valence-electron chi connectivity index (χ3n) is 3.39. The standard InChI is InChI=1S/C16H13Cl2F3N2O/c1-2-24-9-23-8-13(17)14(18)12(7-22)15(23)10-3-5-11(6-4-10)16(19,20)21/h3-6H,2,8-9H2,1H3. The number of nitrogens with zero attached hydrogens (tertiary/aromatic N) is 2. The maximum Gasteiger partial charge on any atom is 0.416 e. The topological polar surface area (TPSA) is 36.3 Å². The minimum atomic E-state index is -4.43. The largest absolute Gasteiger partial charge is 0.416 e. The van der Waals surface area contributed by atoms with Crippen LogP contribution < -0.4 is 0 Å². The van der Waals surface area contributed by atoms with E-state index in [1.165, 1.54) is 12.1 Å². The molecule has 0 aliphatic carbocycles. The Morgan fingerprint density at radius 1 is 1.25 bits per heavy atom. The van der Waals surface area contributed by atoms with E-state index in [0.717, 1.165) is 12.1 Å². The molecule has 0 fully saturated rings. The molecule has 0 amide bonds. The lowest BCUT2D eigenvalue weighted by atomic mass is 10.0. The highest BCUT2D eigenvalue weighted by Crippen LogP contribution is 2.38. The van der Waals surface area contributed by atoms with Gasteiger partial charge >= 0.3 is 6.18 Å². The molecule has 0 radical (unpaired) electrons. The van der Waals surface area contributed by atoms with Crippen molar-refractivity contribution in [3.05, 3.63) is 51.0 Å². The first-order valence-corrected chi connectivity index (χ1v) is 7.74. The van der Waals surface area contributed by atoms with Crippen LogP contribution in [-0.4, -0.2) is 24.8 Å². The fourth-order valence-electron chi connectivity index (χ4n) is 2.27. The number of allylic oxidation sites excluding steroid dienone is 2. The Labute approximate surface area is 147 Å². The van der Waals surface area contributed by atoms with Gasteiger partial charge in [0.1, 0.15) is 12.8 Å². The van der Waals surface area contributed by atoms with Crippen LogP contribution in [0.25, 0.3) is 5.70 Å². The lowest BCUT2D eigenvalue weighted by Gasteiger charge is -2.31. The van der Waals surface area contributed by atoms with Gasteiger partial charge in [0.15, 0.2) is 0 Å². The highest BCUT2D eigenvalue weighted by Gasteiger charge is 2.31. The normalized spacial score (nSPS) is 15.8. The van der Waals surface area contributed by atoms with Crippen molar-refractivity contribution in [1.29, 1.82) is 5.26 Å². The molecule has 0 N–H and O–H groups in total. The zero-order chi connectivity index (χ0) is 17.9. The summed E-state index contributed by atoms with van der Waals surface area (Å²) in [5, 5.41) is 9.79. The Morgan fingerprint density at radius 2 is 1.88 bits per heavy atom. The first-order valence-electron chi connectivity index (χ1n) is 6.98. The predicted octanol–water partition coefficient (Wildman–Crippen LogP) is 4.94. The van der Waals surface area contributed by atoms with Gasteiger partial charge in [-0.1, -0.05) is 35.3 Å². The number of hydrogen-bond donors (Lipinski definition) is 0. The van der Waals surface area contributed by atoms with E-state index in [1.54, 1.807) is 11.8 Å². The van der Waals surface area contributed by atoms with Crippen molar-refractivity contribution < 1.29 is 17.9 Å². The molecule has 1 aromatic carbocycles.